The number of benzene rings is 1. The second-order valence-electron chi connectivity index (χ2n) is 5.38. The van der Waals surface area contributed by atoms with Gasteiger partial charge in [0.1, 0.15) is 18.3 Å². The fraction of sp³-hybridized carbons (Fsp3) is 0.412. The van der Waals surface area contributed by atoms with E-state index in [-0.39, 0.29) is 23.5 Å². The van der Waals surface area contributed by atoms with Gasteiger partial charge in [-0.15, -0.1) is 0 Å². The van der Waals surface area contributed by atoms with Gasteiger partial charge in [0, 0.05) is 6.08 Å². The third kappa shape index (κ3) is 5.93. The Morgan fingerprint density at radius 3 is 2.11 bits per heavy atom. The van der Waals surface area contributed by atoms with Gasteiger partial charge < -0.3 is 39.7 Å². The van der Waals surface area contributed by atoms with Crippen molar-refractivity contribution in [1.82, 2.24) is 0 Å². The number of carbonyl (C=O) groups is 2. The number of phenols is 1. The Bertz CT molecular complexity index is 647. The molecular weight excluding hydrogens is 364 g/mol. The number of aliphatic hydroxyl groups is 4. The molecule has 1 rings (SSSR count). The molecule has 0 unspecified atom stereocenters. The van der Waals surface area contributed by atoms with Gasteiger partial charge in [0.25, 0.3) is 0 Å². The Hall–Kier alpha value is -2.66. The lowest BCUT2D eigenvalue weighted by Gasteiger charge is -2.25. The molecule has 4 atom stereocenters. The van der Waals surface area contributed by atoms with E-state index in [1.807, 2.05) is 0 Å². The lowest BCUT2D eigenvalue weighted by atomic mass is 10.0. The summed E-state index contributed by atoms with van der Waals surface area (Å²) in [5.41, 5.74) is 0.400. The molecular formula is C17H22O10. The molecule has 0 aliphatic carbocycles. The molecule has 0 saturated heterocycles. The highest BCUT2D eigenvalue weighted by molar-refractivity contribution is 5.88. The normalized spacial score (nSPS) is 15.6. The van der Waals surface area contributed by atoms with E-state index >= 15 is 0 Å². The lowest BCUT2D eigenvalue weighted by molar-refractivity contribution is -0.163. The Morgan fingerprint density at radius 2 is 1.67 bits per heavy atom. The first kappa shape index (κ1) is 22.4. The highest BCUT2D eigenvalue weighted by Crippen LogP contribution is 2.37. The van der Waals surface area contributed by atoms with Crippen molar-refractivity contribution >= 4 is 18.3 Å². The van der Waals surface area contributed by atoms with Crippen LogP contribution < -0.4 is 9.47 Å². The maximum absolute atomic E-state index is 11.8. The first-order chi connectivity index (χ1) is 12.8. The molecule has 0 aliphatic rings. The maximum Gasteiger partial charge on any atom is 0.331 e. The average Bonchev–Trinajstić information content (AvgIpc) is 2.69. The third-order valence-corrected chi connectivity index (χ3v) is 3.57. The number of aldehydes is 1. The minimum absolute atomic E-state index is 0.0797. The summed E-state index contributed by atoms with van der Waals surface area (Å²) < 4.78 is 14.7. The summed E-state index contributed by atoms with van der Waals surface area (Å²) >= 11 is 0. The Morgan fingerprint density at radius 1 is 1.11 bits per heavy atom. The van der Waals surface area contributed by atoms with Gasteiger partial charge in [0.05, 0.1) is 20.8 Å². The lowest BCUT2D eigenvalue weighted by Crippen LogP contribution is -2.47. The molecule has 0 fully saturated rings. The van der Waals surface area contributed by atoms with Gasteiger partial charge in [-0.2, -0.15) is 0 Å². The number of esters is 1. The van der Waals surface area contributed by atoms with E-state index in [0.29, 0.717) is 5.56 Å². The number of ether oxygens (including phenoxy) is 3. The average molecular weight is 386 g/mol. The molecule has 0 saturated carbocycles. The number of hydrogen-bond acceptors (Lipinski definition) is 10. The summed E-state index contributed by atoms with van der Waals surface area (Å²) in [5, 5.41) is 47.2. The summed E-state index contributed by atoms with van der Waals surface area (Å²) in [6.07, 6.45) is -5.01. The van der Waals surface area contributed by atoms with Gasteiger partial charge in [0.15, 0.2) is 23.9 Å². The Labute approximate surface area is 154 Å². The predicted molar refractivity (Wildman–Crippen MR) is 91.3 cm³/mol. The fourth-order valence-corrected chi connectivity index (χ4v) is 2.06. The van der Waals surface area contributed by atoms with Crippen molar-refractivity contribution in [3.8, 4) is 17.2 Å². The van der Waals surface area contributed by atoms with Crippen LogP contribution in [0, 0.1) is 0 Å². The summed E-state index contributed by atoms with van der Waals surface area (Å²) in [6.45, 7) is -0.859. The standard InChI is InChI=1S/C17H22O10/c1-25-11-5-9(6-12(26-2)16(11)23)3-4-14(21)27-13(8-19)17(24)15(22)10(20)7-18/h3-6,8,10,13,15,17-18,20,22-24H,7H2,1-2H3/b4-3+/t10-,13+,15-,17-/m1/s1. The quantitative estimate of drug-likeness (QED) is 0.184. The minimum Gasteiger partial charge on any atom is -0.502 e. The molecule has 10 heteroatoms. The smallest absolute Gasteiger partial charge is 0.331 e. The number of hydrogen-bond donors (Lipinski definition) is 5. The van der Waals surface area contributed by atoms with E-state index < -0.39 is 37.0 Å². The largest absolute Gasteiger partial charge is 0.502 e. The van der Waals surface area contributed by atoms with Crippen molar-refractivity contribution in [1.29, 1.82) is 0 Å². The van der Waals surface area contributed by atoms with Gasteiger partial charge in [-0.25, -0.2) is 4.79 Å². The molecule has 0 radical (unpaired) electrons. The number of phenolic OH excluding ortho intramolecular Hbond substituents is 1. The highest BCUT2D eigenvalue weighted by atomic mass is 16.6. The summed E-state index contributed by atoms with van der Waals surface area (Å²) in [4.78, 5) is 22.8. The topological polar surface area (TPSA) is 163 Å². The zero-order chi connectivity index (χ0) is 20.6. The first-order valence-electron chi connectivity index (χ1n) is 7.73. The molecule has 1 aromatic carbocycles. The van der Waals surface area contributed by atoms with Gasteiger partial charge in [-0.1, -0.05) is 0 Å². The molecule has 5 N–H and O–H groups in total. The van der Waals surface area contributed by atoms with Gasteiger partial charge in [0.2, 0.25) is 5.75 Å². The highest BCUT2D eigenvalue weighted by Gasteiger charge is 2.33. The van der Waals surface area contributed by atoms with Crippen LogP contribution in [0.3, 0.4) is 0 Å². The van der Waals surface area contributed by atoms with Crippen LogP contribution in [0.4, 0.5) is 0 Å². The van der Waals surface area contributed by atoms with Gasteiger partial charge in [-0.05, 0) is 23.8 Å². The molecule has 0 aromatic heterocycles. The van der Waals surface area contributed by atoms with Gasteiger partial charge in [-0.3, -0.25) is 4.79 Å². The zero-order valence-electron chi connectivity index (χ0n) is 14.7. The van der Waals surface area contributed by atoms with E-state index in [4.69, 9.17) is 19.3 Å². The zero-order valence-corrected chi connectivity index (χ0v) is 14.7. The third-order valence-electron chi connectivity index (χ3n) is 3.57. The summed E-state index contributed by atoms with van der Waals surface area (Å²) in [7, 11) is 2.66. The van der Waals surface area contributed by atoms with Crippen molar-refractivity contribution in [2.24, 2.45) is 0 Å². The Kier molecular flexibility index (Phi) is 8.69. The van der Waals surface area contributed by atoms with Crippen molar-refractivity contribution < 1.29 is 49.3 Å². The number of aromatic hydroxyl groups is 1. The second-order valence-corrected chi connectivity index (χ2v) is 5.38. The van der Waals surface area contributed by atoms with Crippen LogP contribution in [0.5, 0.6) is 17.2 Å². The molecule has 150 valence electrons. The second kappa shape index (κ2) is 10.5. The van der Waals surface area contributed by atoms with Crippen LogP contribution in [-0.4, -0.2) is 83.0 Å². The molecule has 27 heavy (non-hydrogen) atoms. The van der Waals surface area contributed by atoms with Crippen LogP contribution in [0.15, 0.2) is 18.2 Å². The van der Waals surface area contributed by atoms with E-state index in [2.05, 4.69) is 0 Å². The molecule has 0 amide bonds. The fourth-order valence-electron chi connectivity index (χ4n) is 2.06. The van der Waals surface area contributed by atoms with E-state index in [0.717, 1.165) is 6.08 Å². The first-order valence-corrected chi connectivity index (χ1v) is 7.73. The number of methoxy groups -OCH3 is 2. The van der Waals surface area contributed by atoms with E-state index in [9.17, 15) is 30.0 Å². The summed E-state index contributed by atoms with van der Waals surface area (Å²) in [6, 6.07) is 2.82. The van der Waals surface area contributed by atoms with Crippen molar-refractivity contribution in [2.45, 2.75) is 24.4 Å². The van der Waals surface area contributed by atoms with Crippen LogP contribution in [0.25, 0.3) is 6.08 Å². The van der Waals surface area contributed by atoms with Crippen molar-refractivity contribution in [3.05, 3.63) is 23.8 Å². The van der Waals surface area contributed by atoms with E-state index in [1.54, 1.807) is 0 Å². The number of aliphatic hydroxyl groups excluding tert-OH is 4. The van der Waals surface area contributed by atoms with E-state index in [1.165, 1.54) is 32.4 Å². The molecule has 0 spiro atoms. The molecule has 0 bridgehead atoms. The Balaban J connectivity index is 2.87. The van der Waals surface area contributed by atoms with Gasteiger partial charge >= 0.3 is 5.97 Å². The molecule has 10 nitrogen and oxygen atoms in total. The predicted octanol–water partition coefficient (Wildman–Crippen LogP) is -1.39. The maximum atomic E-state index is 11.8. The van der Waals surface area contributed by atoms with Crippen LogP contribution >= 0.6 is 0 Å². The molecule has 0 aliphatic heterocycles. The van der Waals surface area contributed by atoms with Crippen molar-refractivity contribution in [2.75, 3.05) is 20.8 Å². The summed E-state index contributed by atoms with van der Waals surface area (Å²) in [5.74, 6) is -1.04. The monoisotopic (exact) mass is 386 g/mol. The van der Waals surface area contributed by atoms with Crippen molar-refractivity contribution in [3.63, 3.8) is 0 Å². The number of rotatable bonds is 10. The van der Waals surface area contributed by atoms with Crippen LogP contribution in [-0.2, 0) is 14.3 Å². The SMILES string of the molecule is COc1cc(/C=C/C(=O)O[C@@H](C=O)[C@@H](O)[C@H](O)[C@H](O)CO)cc(OC)c1O. The van der Waals surface area contributed by atoms with Crippen LogP contribution in [0.2, 0.25) is 0 Å². The minimum atomic E-state index is -1.93. The molecule has 1 aromatic rings. The van der Waals surface area contributed by atoms with Crippen LogP contribution in [0.1, 0.15) is 5.56 Å². The molecule has 0 heterocycles. The number of carbonyl (C=O) groups excluding carboxylic acids is 2.